The molecule has 0 spiro atoms. The average molecular weight is 163 g/mol. The van der Waals surface area contributed by atoms with Crippen molar-refractivity contribution in [3.8, 4) is 0 Å². The van der Waals surface area contributed by atoms with Crippen LogP contribution >= 0.6 is 0 Å². The Balaban J connectivity index is 2.70. The van der Waals surface area contributed by atoms with E-state index in [2.05, 4.69) is 4.98 Å². The zero-order chi connectivity index (χ0) is 8.81. The Morgan fingerprint density at radius 3 is 2.83 bits per heavy atom. The van der Waals surface area contributed by atoms with Gasteiger partial charge in [0, 0.05) is 18.7 Å². The number of allylic oxidation sites excluding steroid dienone is 1. The molecule has 0 amide bonds. The molecule has 1 heterocycles. The Labute approximate surface area is 69.7 Å². The first-order chi connectivity index (χ1) is 5.83. The number of aromatic nitrogens is 1. The van der Waals surface area contributed by atoms with Gasteiger partial charge in [0.05, 0.1) is 0 Å². The fourth-order valence-corrected chi connectivity index (χ4v) is 0.786. The predicted molar refractivity (Wildman–Crippen MR) is 46.8 cm³/mol. The fraction of sp³-hybridized carbons (Fsp3) is 0.111. The maximum atomic E-state index is 10.6. The van der Waals surface area contributed by atoms with Crippen molar-refractivity contribution < 1.29 is 4.79 Å². The van der Waals surface area contributed by atoms with Crippen molar-refractivity contribution in [2.45, 2.75) is 6.42 Å². The van der Waals surface area contributed by atoms with Crippen LogP contribution in [0.1, 0.15) is 12.0 Å². The highest BCUT2D eigenvalue weighted by Crippen LogP contribution is 1.96. The number of pyridine rings is 1. The van der Waals surface area contributed by atoms with Crippen molar-refractivity contribution in [2.75, 3.05) is 0 Å². The molecule has 0 radical (unpaired) electrons. The van der Waals surface area contributed by atoms with Gasteiger partial charge in [0.1, 0.15) is 6.29 Å². The Morgan fingerprint density at radius 1 is 1.42 bits per heavy atom. The van der Waals surface area contributed by atoms with E-state index in [1.165, 1.54) is 6.07 Å². The van der Waals surface area contributed by atoms with Gasteiger partial charge in [-0.05, 0) is 11.6 Å². The summed E-state index contributed by atoms with van der Waals surface area (Å²) in [5.74, 6) is 0. The molecule has 3 nitrogen and oxygen atoms in total. The lowest BCUT2D eigenvalue weighted by Gasteiger charge is -1.88. The molecule has 0 fully saturated rings. The molecule has 0 unspecified atom stereocenters. The minimum Gasteiger partial charge on any atom is -0.329 e. The molecule has 0 aliphatic rings. The molecular weight excluding hydrogens is 154 g/mol. The van der Waals surface area contributed by atoms with E-state index in [0.717, 1.165) is 11.8 Å². The molecule has 1 aromatic rings. The largest absolute Gasteiger partial charge is 0.329 e. The lowest BCUT2D eigenvalue weighted by Crippen LogP contribution is -2.01. The Morgan fingerprint density at radius 2 is 2.25 bits per heavy atom. The van der Waals surface area contributed by atoms with Crippen LogP contribution in [-0.2, 0) is 4.79 Å². The lowest BCUT2D eigenvalue weighted by atomic mass is 10.2. The zero-order valence-electron chi connectivity index (χ0n) is 6.49. The van der Waals surface area contributed by atoms with E-state index in [1.807, 2.05) is 0 Å². The first-order valence-corrected chi connectivity index (χ1v) is 3.62. The van der Waals surface area contributed by atoms with E-state index in [0.29, 0.717) is 6.42 Å². The monoisotopic (exact) mass is 163 g/mol. The van der Waals surface area contributed by atoms with E-state index >= 15 is 0 Å². The summed E-state index contributed by atoms with van der Waals surface area (Å²) < 4.78 is 0. The van der Waals surface area contributed by atoms with Crippen LogP contribution in [0.3, 0.4) is 0 Å². The normalized spacial score (nSPS) is 10.3. The molecule has 1 rings (SSSR count). The van der Waals surface area contributed by atoms with Crippen LogP contribution in [0.4, 0.5) is 0 Å². The molecule has 3 heteroatoms. The topological polar surface area (TPSA) is 49.9 Å². The van der Waals surface area contributed by atoms with Gasteiger partial charge in [-0.25, -0.2) is 0 Å². The molecule has 1 aromatic heterocycles. The molecule has 1 N–H and O–H groups in total. The summed E-state index contributed by atoms with van der Waals surface area (Å²) in [4.78, 5) is 23.1. The van der Waals surface area contributed by atoms with Crippen molar-refractivity contribution in [2.24, 2.45) is 0 Å². The summed E-state index contributed by atoms with van der Waals surface area (Å²) >= 11 is 0. The molecule has 12 heavy (non-hydrogen) atoms. The second kappa shape index (κ2) is 4.28. The van der Waals surface area contributed by atoms with E-state index in [9.17, 15) is 9.59 Å². The van der Waals surface area contributed by atoms with Crippen molar-refractivity contribution >= 4 is 12.4 Å². The van der Waals surface area contributed by atoms with Crippen LogP contribution in [0.5, 0.6) is 0 Å². The van der Waals surface area contributed by atoms with Gasteiger partial charge < -0.3 is 9.78 Å². The van der Waals surface area contributed by atoms with Crippen LogP contribution < -0.4 is 5.56 Å². The minimum absolute atomic E-state index is 0.123. The number of carbonyl (C=O) groups excluding carboxylic acids is 1. The van der Waals surface area contributed by atoms with Crippen LogP contribution in [0, 0.1) is 0 Å². The van der Waals surface area contributed by atoms with Gasteiger partial charge in [-0.3, -0.25) is 4.79 Å². The molecule has 0 saturated heterocycles. The van der Waals surface area contributed by atoms with Gasteiger partial charge in [0.2, 0.25) is 5.56 Å². The lowest BCUT2D eigenvalue weighted by molar-refractivity contribution is -0.107. The second-order valence-electron chi connectivity index (χ2n) is 2.29. The van der Waals surface area contributed by atoms with Gasteiger partial charge >= 0.3 is 0 Å². The predicted octanol–water partition coefficient (Wildman–Crippen LogP) is 0.977. The standard InChI is InChI=1S/C9H9NO2/c11-6-2-1-3-8-4-5-9(12)10-7-8/h1,3-7H,2H2,(H,10,12). The first kappa shape index (κ1) is 8.46. The SMILES string of the molecule is O=CCC=Cc1ccc(=O)[nH]c1. The van der Waals surface area contributed by atoms with Crippen LogP contribution in [0.15, 0.2) is 29.2 Å². The summed E-state index contributed by atoms with van der Waals surface area (Å²) in [5.41, 5.74) is 0.763. The number of nitrogens with one attached hydrogen (secondary N) is 1. The van der Waals surface area contributed by atoms with Crippen molar-refractivity contribution in [1.82, 2.24) is 4.98 Å². The summed E-state index contributed by atoms with van der Waals surface area (Å²) in [7, 11) is 0. The summed E-state index contributed by atoms with van der Waals surface area (Å²) in [6.45, 7) is 0. The summed E-state index contributed by atoms with van der Waals surface area (Å²) in [6.07, 6.45) is 6.34. The van der Waals surface area contributed by atoms with E-state index < -0.39 is 0 Å². The maximum absolute atomic E-state index is 10.6. The van der Waals surface area contributed by atoms with Gasteiger partial charge in [-0.2, -0.15) is 0 Å². The maximum Gasteiger partial charge on any atom is 0.247 e. The highest BCUT2D eigenvalue weighted by molar-refractivity contribution is 5.57. The van der Waals surface area contributed by atoms with Crippen LogP contribution in [0.2, 0.25) is 0 Å². The number of hydrogen-bond acceptors (Lipinski definition) is 2. The number of aldehydes is 1. The van der Waals surface area contributed by atoms with Crippen molar-refractivity contribution in [1.29, 1.82) is 0 Å². The average Bonchev–Trinajstić information content (AvgIpc) is 2.09. The fourth-order valence-electron chi connectivity index (χ4n) is 0.786. The molecule has 0 bridgehead atoms. The number of carbonyl (C=O) groups is 1. The van der Waals surface area contributed by atoms with Crippen LogP contribution in [-0.4, -0.2) is 11.3 Å². The number of rotatable bonds is 3. The zero-order valence-corrected chi connectivity index (χ0v) is 6.49. The Kier molecular flexibility index (Phi) is 3.02. The number of hydrogen-bond donors (Lipinski definition) is 1. The molecule has 0 aliphatic carbocycles. The third kappa shape index (κ3) is 2.54. The summed E-state index contributed by atoms with van der Waals surface area (Å²) in [6, 6.07) is 3.14. The quantitative estimate of drug-likeness (QED) is 0.675. The smallest absolute Gasteiger partial charge is 0.247 e. The van der Waals surface area contributed by atoms with Crippen molar-refractivity contribution in [3.63, 3.8) is 0 Å². The van der Waals surface area contributed by atoms with Gasteiger partial charge in [0.15, 0.2) is 0 Å². The van der Waals surface area contributed by atoms with E-state index in [1.54, 1.807) is 24.4 Å². The second-order valence-corrected chi connectivity index (χ2v) is 2.29. The van der Waals surface area contributed by atoms with E-state index in [-0.39, 0.29) is 5.56 Å². The molecule has 0 saturated carbocycles. The molecule has 0 aliphatic heterocycles. The van der Waals surface area contributed by atoms with Gasteiger partial charge in [-0.1, -0.05) is 12.2 Å². The number of H-pyrrole nitrogens is 1. The Hall–Kier alpha value is -1.64. The highest BCUT2D eigenvalue weighted by atomic mass is 16.1. The van der Waals surface area contributed by atoms with Crippen molar-refractivity contribution in [3.05, 3.63) is 40.3 Å². The number of aromatic amines is 1. The molecule has 0 atom stereocenters. The first-order valence-electron chi connectivity index (χ1n) is 3.62. The third-order valence-electron chi connectivity index (χ3n) is 1.35. The molecular formula is C9H9NO2. The summed E-state index contributed by atoms with van der Waals surface area (Å²) in [5, 5.41) is 0. The third-order valence-corrected chi connectivity index (χ3v) is 1.35. The molecule has 0 aromatic carbocycles. The Bertz CT molecular complexity index is 318. The van der Waals surface area contributed by atoms with Gasteiger partial charge in [0.25, 0.3) is 0 Å². The van der Waals surface area contributed by atoms with Crippen LogP contribution in [0.25, 0.3) is 6.08 Å². The minimum atomic E-state index is -0.123. The molecule has 62 valence electrons. The van der Waals surface area contributed by atoms with Gasteiger partial charge in [-0.15, -0.1) is 0 Å². The highest BCUT2D eigenvalue weighted by Gasteiger charge is 1.84. The van der Waals surface area contributed by atoms with E-state index in [4.69, 9.17) is 0 Å².